The van der Waals surface area contributed by atoms with Gasteiger partial charge in [0.25, 0.3) is 0 Å². The zero-order chi connectivity index (χ0) is 40.7. The second-order valence-electron chi connectivity index (χ2n) is 12.2. The predicted octanol–water partition coefficient (Wildman–Crippen LogP) is 6.36. The fourth-order valence-corrected chi connectivity index (χ4v) is 6.65. The van der Waals surface area contributed by atoms with Crippen LogP contribution < -0.4 is 0 Å². The van der Waals surface area contributed by atoms with Crippen molar-refractivity contribution in [2.24, 2.45) is 0 Å². The van der Waals surface area contributed by atoms with E-state index >= 15 is 0 Å². The maximum absolute atomic E-state index is 3.77. The summed E-state index contributed by atoms with van der Waals surface area (Å²) < 4.78 is 11.6. The summed E-state index contributed by atoms with van der Waals surface area (Å²) in [5.74, 6) is 2.91. The molecular weight excluding hydrogens is 1410 g/mol. The molecule has 0 radical (unpaired) electrons. The van der Waals surface area contributed by atoms with Crippen molar-refractivity contribution in [2.45, 2.75) is 73.1 Å². The van der Waals surface area contributed by atoms with E-state index in [0.717, 1.165) is 39.3 Å². The van der Waals surface area contributed by atoms with Gasteiger partial charge in [-0.15, -0.1) is 6.58 Å². The van der Waals surface area contributed by atoms with Gasteiger partial charge >= 0.3 is 93.3 Å². The van der Waals surface area contributed by atoms with Crippen LogP contribution in [0.4, 0.5) is 0 Å². The van der Waals surface area contributed by atoms with E-state index in [1.165, 1.54) is 103 Å². The van der Waals surface area contributed by atoms with Crippen LogP contribution >= 0.6 is 26.7 Å². The van der Waals surface area contributed by atoms with E-state index in [-0.39, 0.29) is 93.3 Å². The maximum Gasteiger partial charge on any atom is 2.00 e. The second kappa shape index (κ2) is 54.5. The van der Waals surface area contributed by atoms with Gasteiger partial charge in [-0.05, 0) is 80.9 Å². The van der Waals surface area contributed by atoms with Crippen LogP contribution in [0.2, 0.25) is 0 Å². The average Bonchev–Trinajstić information content (AvgIpc) is 4.05. The van der Waals surface area contributed by atoms with Crippen LogP contribution in [0.25, 0.3) is 0 Å². The maximum atomic E-state index is 3.77. The van der Waals surface area contributed by atoms with Gasteiger partial charge in [-0.3, -0.25) is 19.0 Å². The number of allylic oxidation sites excluding steroid dienone is 1. The summed E-state index contributed by atoms with van der Waals surface area (Å²) in [5, 5.41) is 0. The summed E-state index contributed by atoms with van der Waals surface area (Å²) in [5.41, 5.74) is 0. The second-order valence-corrected chi connectivity index (χ2v) is 14.7. The topological polar surface area (TPSA) is 25.2 Å². The number of hydrogen-bond acceptors (Lipinski definition) is 3. The van der Waals surface area contributed by atoms with Gasteiger partial charge in [-0.1, -0.05) is 33.0 Å². The van der Waals surface area contributed by atoms with E-state index in [1.807, 2.05) is 52.5 Å². The van der Waals surface area contributed by atoms with Gasteiger partial charge in [0.15, 0.2) is 0 Å². The Hall–Kier alpha value is 2.52. The molecule has 0 amide bonds. The molecule has 3 unspecified atom stereocenters. The molecule has 318 valence electrons. The van der Waals surface area contributed by atoms with Crippen LogP contribution in [0.15, 0.2) is 12.7 Å². The van der Waals surface area contributed by atoms with Gasteiger partial charge in [0.05, 0.1) is 62.3 Å². The van der Waals surface area contributed by atoms with Gasteiger partial charge in [0.2, 0.25) is 18.0 Å². The number of amidine groups is 2. The molecule has 0 N–H and O–H groups in total. The summed E-state index contributed by atoms with van der Waals surface area (Å²) in [6, 6.07) is 0. The molecule has 4 rings (SSSR count). The number of nitrogens with zero attached hydrogens (tertiary/aromatic N) is 8. The van der Waals surface area contributed by atoms with E-state index in [4.69, 9.17) is 0 Å². The summed E-state index contributed by atoms with van der Waals surface area (Å²) >= 11 is 0. The van der Waals surface area contributed by atoms with Crippen LogP contribution in [-0.2, 0) is 0 Å². The van der Waals surface area contributed by atoms with Crippen molar-refractivity contribution in [1.82, 2.24) is 24.0 Å². The Morgan fingerprint density at radius 1 is 0.800 bits per heavy atom. The average molecular weight is 1510 g/mol. The van der Waals surface area contributed by atoms with Crippen molar-refractivity contribution in [3.63, 3.8) is 0 Å². The Bertz CT molecular complexity index is 856. The monoisotopic (exact) mass is 1500 g/mol. The zero-order valence-corrected chi connectivity index (χ0v) is 54.4. The molecule has 0 bridgehead atoms. The van der Waals surface area contributed by atoms with Gasteiger partial charge in [0, 0.05) is 42.3 Å². The van der Waals surface area contributed by atoms with E-state index in [9.17, 15) is 0 Å². The molecule has 4 aliphatic rings. The molecule has 8 nitrogen and oxygen atoms in total. The quantitative estimate of drug-likeness (QED) is 0.0670. The molecular formula is C41H93N8P3U3+6. The van der Waals surface area contributed by atoms with Gasteiger partial charge < -0.3 is 51.0 Å². The number of likely N-dealkylation sites (tertiary alicyclic amines) is 1. The number of hydrogen-bond donors (Lipinski definition) is 0. The Balaban J connectivity index is -0.000000100. The number of likely N-dealkylation sites (N-methyl/N-ethyl adjacent to an activating group) is 2. The summed E-state index contributed by atoms with van der Waals surface area (Å²) in [7, 11) is 7.19. The summed E-state index contributed by atoms with van der Waals surface area (Å²) in [4.78, 5) is 6.82. The van der Waals surface area contributed by atoms with E-state index in [2.05, 4.69) is 118 Å². The Labute approximate surface area is 424 Å². The van der Waals surface area contributed by atoms with E-state index in [0.29, 0.717) is 17.5 Å². The van der Waals surface area contributed by atoms with Crippen LogP contribution in [-0.4, -0.2) is 181 Å². The first-order chi connectivity index (χ1) is 25.1. The van der Waals surface area contributed by atoms with Gasteiger partial charge in [0.1, 0.15) is 13.1 Å². The molecule has 55 heavy (non-hydrogen) atoms. The Morgan fingerprint density at radius 2 is 1.22 bits per heavy atom. The van der Waals surface area contributed by atoms with Crippen molar-refractivity contribution in [3.05, 3.63) is 54.2 Å². The van der Waals surface area contributed by atoms with Crippen LogP contribution in [0.1, 0.15) is 73.1 Å². The Morgan fingerprint density at radius 3 is 1.45 bits per heavy atom. The zero-order valence-electron chi connectivity index (χ0n) is 38.2. The van der Waals surface area contributed by atoms with Crippen LogP contribution in [0.3, 0.4) is 0 Å². The van der Waals surface area contributed by atoms with Crippen molar-refractivity contribution < 1.29 is 107 Å². The molecule has 14 heteroatoms. The molecule has 0 aromatic carbocycles. The van der Waals surface area contributed by atoms with Crippen molar-refractivity contribution in [3.8, 4) is 0 Å². The first kappa shape index (κ1) is 72.0. The van der Waals surface area contributed by atoms with E-state index in [1.54, 1.807) is 6.08 Å². The smallest absolute Gasteiger partial charge is 0.327 e. The largest absolute Gasteiger partial charge is 2.00 e. The summed E-state index contributed by atoms with van der Waals surface area (Å²) in [6.45, 7) is 57.8. The van der Waals surface area contributed by atoms with Crippen LogP contribution in [0, 0.1) is 135 Å². The Kier molecular flexibility index (Phi) is 71.4. The molecule has 0 aromatic rings. The van der Waals surface area contributed by atoms with Crippen LogP contribution in [0.5, 0.6) is 0 Å². The number of rotatable bonds is 9. The third kappa shape index (κ3) is 40.4. The molecule has 3 fully saturated rings. The predicted molar refractivity (Wildman–Crippen MR) is 253 cm³/mol. The van der Waals surface area contributed by atoms with Crippen molar-refractivity contribution in [2.75, 3.05) is 126 Å². The van der Waals surface area contributed by atoms with Crippen molar-refractivity contribution in [1.29, 1.82) is 0 Å². The molecule has 3 atom stereocenters. The van der Waals surface area contributed by atoms with Crippen molar-refractivity contribution >= 4 is 44.7 Å². The normalized spacial score (nSPS) is 15.3. The van der Waals surface area contributed by atoms with Gasteiger partial charge in [-0.25, -0.2) is 4.67 Å². The molecule has 0 saturated carbocycles. The molecule has 0 aromatic heterocycles. The molecule has 3 saturated heterocycles. The minimum atomic E-state index is 0. The molecule has 0 spiro atoms. The third-order valence-electron chi connectivity index (χ3n) is 8.92. The molecule has 4 heterocycles. The fraction of sp³-hybridized carbons (Fsp3) is 0.732. The van der Waals surface area contributed by atoms with Gasteiger partial charge in [-0.2, -0.15) is 4.67 Å². The molecule has 4 aliphatic heterocycles. The minimum Gasteiger partial charge on any atom is -0.327 e. The first-order valence-electron chi connectivity index (χ1n) is 20.1. The summed E-state index contributed by atoms with van der Waals surface area (Å²) in [6.07, 6.45) is 12.2. The SMILES string of the molecule is C=CC.CC.CC(N1CCCC1)=[N+]1CCCC1.CC1=[N+](C)CCN1C.C[PH2+]N1CCCC1.C[PH3+].[CH2-]CN(C=[N+](C[CH2-])C[CH2-])C[CH2-].[CH2-]CN(C[CH2-])[PH2+]C.[U+2].[U+2].[U+2]. The van der Waals surface area contributed by atoms with E-state index < -0.39 is 0 Å². The molecule has 0 aliphatic carbocycles. The standard InChI is InChI=1S/C10H19N2.C9H17N2.C6H13N2.2C5H12NP.C3H6.C2H6.CH5P.3U/c1-10(11-6-2-3-7-11)12-8-4-5-9-12;1-5-10(6-2)9-11(7-3)8-4;1-6-7(2)4-5-8(6)3;1-7-6-4-2-3-5-6;1-4-6(5-2)7-3;1-3-2;2*1-2;;;/h2-9H2,1H3;9H,1-8H2;4-5H2,1-3H3;7H,2-5H2,1H3;7H,1-2,4-5H2,3H3;3H,1H2,2H3;1-2H3;2H2,1H3;;;/q+1;-3;+1;;-2;;;;3*+2/p+3. The minimum absolute atomic E-state index is 0. The first-order valence-corrected chi connectivity index (χ1v) is 24.9. The fourth-order valence-electron chi connectivity index (χ4n) is 5.25. The third-order valence-corrected chi connectivity index (χ3v) is 11.4.